The van der Waals surface area contributed by atoms with E-state index >= 15 is 0 Å². The third-order valence-electron chi connectivity index (χ3n) is 5.01. The number of fused-ring (bicyclic) bond motifs is 2. The number of aromatic nitrogens is 1. The van der Waals surface area contributed by atoms with E-state index < -0.39 is 0 Å². The maximum atomic E-state index is 12.5. The molecule has 1 aliphatic carbocycles. The Balaban J connectivity index is 0.000000216. The van der Waals surface area contributed by atoms with E-state index in [9.17, 15) is 14.9 Å². The van der Waals surface area contributed by atoms with Crippen LogP contribution in [-0.2, 0) is 6.54 Å². The number of hydrogen-bond donors (Lipinski definition) is 0. The van der Waals surface area contributed by atoms with Crippen LogP contribution < -0.4 is 0 Å². The van der Waals surface area contributed by atoms with Crippen molar-refractivity contribution in [2.45, 2.75) is 32.7 Å². The van der Waals surface area contributed by atoms with Gasteiger partial charge in [-0.05, 0) is 30.7 Å². The third-order valence-corrected chi connectivity index (χ3v) is 5.01. The normalized spacial score (nSPS) is 11.4. The van der Waals surface area contributed by atoms with Crippen LogP contribution in [0.25, 0.3) is 0 Å². The van der Waals surface area contributed by atoms with Gasteiger partial charge in [-0.3, -0.25) is 9.59 Å². The summed E-state index contributed by atoms with van der Waals surface area (Å²) < 4.78 is 2.23. The molecule has 0 amide bonds. The van der Waals surface area contributed by atoms with Gasteiger partial charge in [0.25, 0.3) is 0 Å². The number of nitriles is 2. The molecule has 0 N–H and O–H groups in total. The highest BCUT2D eigenvalue weighted by Gasteiger charge is 2.32. The van der Waals surface area contributed by atoms with Gasteiger partial charge in [-0.2, -0.15) is 10.5 Å². The maximum Gasteiger partial charge on any atom is 0.195 e. The molecule has 0 bridgehead atoms. The number of carbonyl (C=O) groups excluding carboxylic acids is 2. The van der Waals surface area contributed by atoms with Gasteiger partial charge in [-0.15, -0.1) is 0 Å². The van der Waals surface area contributed by atoms with Crippen molar-refractivity contribution in [3.63, 3.8) is 0 Å². The van der Waals surface area contributed by atoms with Crippen molar-refractivity contribution in [2.24, 2.45) is 0 Å². The van der Waals surface area contributed by atoms with Crippen molar-refractivity contribution in [1.82, 2.24) is 4.57 Å². The van der Waals surface area contributed by atoms with Crippen molar-refractivity contribution in [3.8, 4) is 12.1 Å². The van der Waals surface area contributed by atoms with Crippen LogP contribution in [0.4, 0.5) is 0 Å². The molecular weight excluding hydrogens is 374 g/mol. The second kappa shape index (κ2) is 9.49. The van der Waals surface area contributed by atoms with E-state index in [2.05, 4.69) is 36.0 Å². The van der Waals surface area contributed by atoms with Gasteiger partial charge in [0.2, 0.25) is 0 Å². The molecule has 0 saturated heterocycles. The summed E-state index contributed by atoms with van der Waals surface area (Å²) in [4.78, 5) is 24.9. The van der Waals surface area contributed by atoms with E-state index in [0.717, 1.165) is 0 Å². The summed E-state index contributed by atoms with van der Waals surface area (Å²) in [5, 5.41) is 18.2. The fourth-order valence-electron chi connectivity index (χ4n) is 3.46. The van der Waals surface area contributed by atoms with Gasteiger partial charge in [0, 0.05) is 35.6 Å². The van der Waals surface area contributed by atoms with Crippen LogP contribution >= 0.6 is 0 Å². The summed E-state index contributed by atoms with van der Waals surface area (Å²) in [6.07, 6.45) is 8.20. The molecule has 1 heterocycles. The Morgan fingerprint density at radius 2 is 1.47 bits per heavy atom. The molecule has 5 nitrogen and oxygen atoms in total. The van der Waals surface area contributed by atoms with Gasteiger partial charge in [-0.1, -0.05) is 44.0 Å². The molecule has 0 radical (unpaired) electrons. The van der Waals surface area contributed by atoms with Crippen LogP contribution in [0.3, 0.4) is 0 Å². The van der Waals surface area contributed by atoms with E-state index in [1.807, 2.05) is 12.1 Å². The number of unbranched alkanes of at least 4 members (excludes halogenated alkanes) is 2. The fourth-order valence-corrected chi connectivity index (χ4v) is 3.46. The first-order valence-corrected chi connectivity index (χ1v) is 9.88. The van der Waals surface area contributed by atoms with Crippen LogP contribution in [0.15, 0.2) is 60.9 Å². The molecule has 0 fully saturated rings. The molecule has 4 rings (SSSR count). The Bertz CT molecular complexity index is 1160. The second-order valence-electron chi connectivity index (χ2n) is 6.97. The first-order chi connectivity index (χ1) is 14.6. The SMILES string of the molecule is CCCCCn1cccc1.N#Cc1ccc2c(c1C#N)C(=O)c1ccccc1C2=O. The Morgan fingerprint density at radius 1 is 0.800 bits per heavy atom. The highest BCUT2D eigenvalue weighted by Crippen LogP contribution is 2.30. The van der Waals surface area contributed by atoms with E-state index in [1.54, 1.807) is 24.3 Å². The summed E-state index contributed by atoms with van der Waals surface area (Å²) in [6, 6.07) is 17.2. The molecule has 0 aliphatic heterocycles. The predicted molar refractivity (Wildman–Crippen MR) is 113 cm³/mol. The first kappa shape index (κ1) is 20.8. The lowest BCUT2D eigenvalue weighted by Crippen LogP contribution is -2.22. The molecule has 2 aromatic carbocycles. The van der Waals surface area contributed by atoms with Crippen LogP contribution in [0, 0.1) is 22.7 Å². The van der Waals surface area contributed by atoms with Gasteiger partial charge in [0.15, 0.2) is 11.6 Å². The van der Waals surface area contributed by atoms with Crippen molar-refractivity contribution in [2.75, 3.05) is 0 Å². The number of carbonyl (C=O) groups is 2. The summed E-state index contributed by atoms with van der Waals surface area (Å²) in [5.74, 6) is -0.681. The Hall–Kier alpha value is -3.96. The molecule has 148 valence electrons. The summed E-state index contributed by atoms with van der Waals surface area (Å²) >= 11 is 0. The van der Waals surface area contributed by atoms with Crippen LogP contribution in [0.1, 0.15) is 69.2 Å². The summed E-state index contributed by atoms with van der Waals surface area (Å²) in [5.41, 5.74) is 0.902. The Morgan fingerprint density at radius 3 is 2.07 bits per heavy atom. The molecule has 0 atom stereocenters. The fraction of sp³-hybridized carbons (Fsp3) is 0.200. The van der Waals surface area contributed by atoms with Crippen LogP contribution in [0.2, 0.25) is 0 Å². The largest absolute Gasteiger partial charge is 0.354 e. The lowest BCUT2D eigenvalue weighted by Gasteiger charge is -2.18. The van der Waals surface area contributed by atoms with E-state index in [0.29, 0.717) is 5.56 Å². The van der Waals surface area contributed by atoms with E-state index in [1.165, 1.54) is 37.9 Å². The smallest absolute Gasteiger partial charge is 0.195 e. The van der Waals surface area contributed by atoms with Gasteiger partial charge in [0.05, 0.1) is 16.7 Å². The summed E-state index contributed by atoms with van der Waals surface area (Å²) in [6.45, 7) is 3.41. The number of hydrogen-bond acceptors (Lipinski definition) is 4. The molecule has 3 aromatic rings. The molecule has 30 heavy (non-hydrogen) atoms. The minimum atomic E-state index is -0.385. The zero-order chi connectivity index (χ0) is 21.5. The average molecular weight is 395 g/mol. The Kier molecular flexibility index (Phi) is 6.57. The average Bonchev–Trinajstić information content (AvgIpc) is 3.30. The topological polar surface area (TPSA) is 86.7 Å². The van der Waals surface area contributed by atoms with Gasteiger partial charge in [-0.25, -0.2) is 0 Å². The highest BCUT2D eigenvalue weighted by atomic mass is 16.1. The number of rotatable bonds is 4. The molecule has 0 spiro atoms. The number of benzene rings is 2. The van der Waals surface area contributed by atoms with Crippen molar-refractivity contribution in [1.29, 1.82) is 10.5 Å². The zero-order valence-electron chi connectivity index (χ0n) is 16.8. The van der Waals surface area contributed by atoms with Gasteiger partial charge >= 0.3 is 0 Å². The van der Waals surface area contributed by atoms with Crippen molar-refractivity contribution >= 4 is 11.6 Å². The van der Waals surface area contributed by atoms with Crippen molar-refractivity contribution < 1.29 is 9.59 Å². The van der Waals surface area contributed by atoms with Crippen molar-refractivity contribution in [3.05, 3.63) is 94.3 Å². The molecule has 5 heteroatoms. The molecular formula is C25H21N3O2. The third kappa shape index (κ3) is 4.06. The van der Waals surface area contributed by atoms with E-state index in [-0.39, 0.29) is 39.4 Å². The molecule has 1 aliphatic rings. The van der Waals surface area contributed by atoms with E-state index in [4.69, 9.17) is 5.26 Å². The minimum Gasteiger partial charge on any atom is -0.354 e. The van der Waals surface area contributed by atoms with Crippen LogP contribution in [0.5, 0.6) is 0 Å². The number of nitrogens with zero attached hydrogens (tertiary/aromatic N) is 3. The maximum absolute atomic E-state index is 12.5. The minimum absolute atomic E-state index is 0.0298. The molecule has 0 saturated carbocycles. The lowest BCUT2D eigenvalue weighted by molar-refractivity contribution is 0.0979. The Labute approximate surface area is 175 Å². The standard InChI is InChI=1S/C16H6N2O2.C9H15N/c17-7-9-5-6-12-14(13(9)8-18)16(20)11-4-2-1-3-10(11)15(12)19;1-2-3-4-7-10-8-5-6-9-10/h1-6H;5-6,8-9H,2-4,7H2,1H3. The monoisotopic (exact) mass is 395 g/mol. The number of aryl methyl sites for hydroxylation is 1. The zero-order valence-corrected chi connectivity index (χ0v) is 16.8. The summed E-state index contributed by atoms with van der Waals surface area (Å²) in [7, 11) is 0. The van der Waals surface area contributed by atoms with Gasteiger partial charge < -0.3 is 4.57 Å². The van der Waals surface area contributed by atoms with Crippen LogP contribution in [-0.4, -0.2) is 16.1 Å². The quantitative estimate of drug-likeness (QED) is 0.461. The van der Waals surface area contributed by atoms with Gasteiger partial charge in [0.1, 0.15) is 12.1 Å². The molecule has 1 aromatic heterocycles. The number of ketones is 2. The predicted octanol–water partition coefficient (Wildman–Crippen LogP) is 4.88. The highest BCUT2D eigenvalue weighted by molar-refractivity contribution is 6.29. The first-order valence-electron chi connectivity index (χ1n) is 9.88. The lowest BCUT2D eigenvalue weighted by atomic mass is 9.81. The molecule has 0 unspecified atom stereocenters. The second-order valence-corrected chi connectivity index (χ2v) is 6.97.